The van der Waals surface area contributed by atoms with Gasteiger partial charge in [0, 0.05) is 5.56 Å². The molecule has 1 heterocycles. The predicted molar refractivity (Wildman–Crippen MR) is 104 cm³/mol. The second kappa shape index (κ2) is 8.35. The van der Waals surface area contributed by atoms with Crippen LogP contribution in [0, 0.1) is 5.82 Å². The van der Waals surface area contributed by atoms with Gasteiger partial charge in [0.05, 0.1) is 16.8 Å². The summed E-state index contributed by atoms with van der Waals surface area (Å²) in [7, 11) is 0. The number of benzene rings is 2. The van der Waals surface area contributed by atoms with Gasteiger partial charge in [0.15, 0.2) is 4.80 Å². The van der Waals surface area contributed by atoms with Crippen molar-refractivity contribution in [3.05, 3.63) is 58.6 Å². The quantitative estimate of drug-likeness (QED) is 0.675. The van der Waals surface area contributed by atoms with E-state index in [4.69, 9.17) is 4.74 Å². The van der Waals surface area contributed by atoms with Crippen LogP contribution in [0.4, 0.5) is 4.39 Å². The smallest absolute Gasteiger partial charge is 0.326 e. The highest BCUT2D eigenvalue weighted by atomic mass is 32.1. The zero-order chi connectivity index (χ0) is 20.3. The molecule has 146 valence electrons. The van der Waals surface area contributed by atoms with Crippen molar-refractivity contribution in [2.75, 3.05) is 6.61 Å². The molecule has 0 saturated carbocycles. The Bertz CT molecular complexity index is 1100. The number of aliphatic carboxylic acids is 1. The molecule has 2 aromatic carbocycles. The molecule has 0 saturated heterocycles. The number of ether oxygens (including phenoxy) is 1. The second-order valence-corrected chi connectivity index (χ2v) is 7.02. The minimum absolute atomic E-state index is 0.0994. The van der Waals surface area contributed by atoms with Crippen LogP contribution < -0.4 is 9.54 Å². The molecule has 0 spiro atoms. The Morgan fingerprint density at radius 1 is 1.25 bits per heavy atom. The maximum atomic E-state index is 13.4. The van der Waals surface area contributed by atoms with Crippen molar-refractivity contribution in [1.29, 1.82) is 0 Å². The SMILES string of the molecule is CCOc1ccc2c(c1)s/c(=N\C(=O)c1cccc(F)c1)n2C(CC)C(=O)O. The molecule has 0 aliphatic rings. The molecular formula is C20H19FN2O4S. The summed E-state index contributed by atoms with van der Waals surface area (Å²) in [5.74, 6) is -1.54. The lowest BCUT2D eigenvalue weighted by Gasteiger charge is -2.13. The van der Waals surface area contributed by atoms with Gasteiger partial charge < -0.3 is 14.4 Å². The topological polar surface area (TPSA) is 80.9 Å². The first kappa shape index (κ1) is 19.8. The third kappa shape index (κ3) is 3.96. The highest BCUT2D eigenvalue weighted by molar-refractivity contribution is 7.16. The first-order chi connectivity index (χ1) is 13.4. The Hall–Kier alpha value is -3.00. The van der Waals surface area contributed by atoms with Gasteiger partial charge in [-0.2, -0.15) is 4.99 Å². The molecule has 1 unspecified atom stereocenters. The van der Waals surface area contributed by atoms with Gasteiger partial charge in [0.2, 0.25) is 0 Å². The van der Waals surface area contributed by atoms with Crippen LogP contribution in [0.3, 0.4) is 0 Å². The Labute approximate surface area is 164 Å². The number of carboxylic acids is 1. The van der Waals surface area contributed by atoms with Crippen molar-refractivity contribution in [3.63, 3.8) is 0 Å². The van der Waals surface area contributed by atoms with Crippen LogP contribution in [0.15, 0.2) is 47.5 Å². The lowest BCUT2D eigenvalue weighted by molar-refractivity contribution is -0.140. The standard InChI is InChI=1S/C20H19FN2O4S/c1-3-15(19(25)26)23-16-9-8-14(27-4-2)11-17(16)28-20(23)22-18(24)12-6-5-7-13(21)10-12/h5-11,15H,3-4H2,1-2H3,(H,25,26)/b22-20-. The molecule has 28 heavy (non-hydrogen) atoms. The number of rotatable bonds is 6. The fraction of sp³-hybridized carbons (Fsp3) is 0.250. The number of carbonyl (C=O) groups is 2. The third-order valence-corrected chi connectivity index (χ3v) is 5.18. The van der Waals surface area contributed by atoms with Crippen molar-refractivity contribution in [3.8, 4) is 5.75 Å². The normalized spacial score (nSPS) is 12.9. The zero-order valence-corrected chi connectivity index (χ0v) is 16.2. The summed E-state index contributed by atoms with van der Waals surface area (Å²) in [5, 5.41) is 9.64. The predicted octanol–water partition coefficient (Wildman–Crippen LogP) is 4.02. The molecule has 3 aromatic rings. The summed E-state index contributed by atoms with van der Waals surface area (Å²) in [6.07, 6.45) is 0.315. The molecule has 6 nitrogen and oxygen atoms in total. The number of nitrogens with zero attached hydrogens (tertiary/aromatic N) is 2. The van der Waals surface area contributed by atoms with Crippen LogP contribution in [0.5, 0.6) is 5.75 Å². The fourth-order valence-electron chi connectivity index (χ4n) is 2.90. The van der Waals surface area contributed by atoms with Gasteiger partial charge in [-0.25, -0.2) is 9.18 Å². The summed E-state index contributed by atoms with van der Waals surface area (Å²) in [6, 6.07) is 9.65. The molecule has 3 rings (SSSR count). The first-order valence-electron chi connectivity index (χ1n) is 8.80. The summed E-state index contributed by atoms with van der Waals surface area (Å²) in [4.78, 5) is 28.7. The van der Waals surface area contributed by atoms with E-state index in [1.807, 2.05) is 6.92 Å². The van der Waals surface area contributed by atoms with E-state index in [-0.39, 0.29) is 10.4 Å². The highest BCUT2D eigenvalue weighted by Gasteiger charge is 2.22. The number of carbonyl (C=O) groups excluding carboxylic acids is 1. The summed E-state index contributed by atoms with van der Waals surface area (Å²) >= 11 is 1.19. The van der Waals surface area contributed by atoms with E-state index in [0.717, 1.165) is 10.8 Å². The van der Waals surface area contributed by atoms with E-state index in [1.54, 1.807) is 25.1 Å². The van der Waals surface area contributed by atoms with Crippen molar-refractivity contribution in [2.45, 2.75) is 26.3 Å². The molecule has 0 radical (unpaired) electrons. The Balaban J connectivity index is 2.21. The van der Waals surface area contributed by atoms with Crippen LogP contribution in [0.1, 0.15) is 36.7 Å². The highest BCUT2D eigenvalue weighted by Crippen LogP contribution is 2.27. The molecule has 0 fully saturated rings. The van der Waals surface area contributed by atoms with E-state index in [2.05, 4.69) is 4.99 Å². The minimum Gasteiger partial charge on any atom is -0.494 e. The van der Waals surface area contributed by atoms with E-state index in [1.165, 1.54) is 34.1 Å². The molecule has 0 aliphatic heterocycles. The fourth-order valence-corrected chi connectivity index (χ4v) is 4.00. The van der Waals surface area contributed by atoms with Crippen molar-refractivity contribution >= 4 is 33.4 Å². The van der Waals surface area contributed by atoms with E-state index < -0.39 is 23.7 Å². The molecule has 0 aliphatic carbocycles. The van der Waals surface area contributed by atoms with Crippen LogP contribution in [-0.2, 0) is 4.79 Å². The van der Waals surface area contributed by atoms with Crippen molar-refractivity contribution < 1.29 is 23.8 Å². The van der Waals surface area contributed by atoms with Gasteiger partial charge in [-0.1, -0.05) is 24.3 Å². The number of hydrogen-bond donors (Lipinski definition) is 1. The number of fused-ring (bicyclic) bond motifs is 1. The second-order valence-electron chi connectivity index (χ2n) is 6.01. The number of thiazole rings is 1. The lowest BCUT2D eigenvalue weighted by Crippen LogP contribution is -2.27. The number of amides is 1. The van der Waals surface area contributed by atoms with Crippen LogP contribution in [-0.4, -0.2) is 28.2 Å². The van der Waals surface area contributed by atoms with Gasteiger partial charge in [-0.05, 0) is 49.7 Å². The molecule has 0 bridgehead atoms. The van der Waals surface area contributed by atoms with Crippen molar-refractivity contribution in [2.24, 2.45) is 4.99 Å². The minimum atomic E-state index is -1.02. The Morgan fingerprint density at radius 2 is 2.04 bits per heavy atom. The summed E-state index contributed by atoms with van der Waals surface area (Å²) in [6.45, 7) is 4.12. The average molecular weight is 402 g/mol. The van der Waals surface area contributed by atoms with Gasteiger partial charge in [0.25, 0.3) is 5.91 Å². The van der Waals surface area contributed by atoms with E-state index >= 15 is 0 Å². The molecule has 1 amide bonds. The molecule has 1 N–H and O–H groups in total. The van der Waals surface area contributed by atoms with Gasteiger partial charge in [-0.3, -0.25) is 4.79 Å². The molecule has 1 atom stereocenters. The number of carboxylic acid groups (broad SMARTS) is 1. The van der Waals surface area contributed by atoms with Gasteiger partial charge >= 0.3 is 5.97 Å². The first-order valence-corrected chi connectivity index (χ1v) is 9.61. The van der Waals surface area contributed by atoms with E-state index in [9.17, 15) is 19.1 Å². The van der Waals surface area contributed by atoms with Gasteiger partial charge in [0.1, 0.15) is 17.6 Å². The average Bonchev–Trinajstić information content (AvgIpc) is 2.99. The monoisotopic (exact) mass is 402 g/mol. The number of halogens is 1. The number of hydrogen-bond acceptors (Lipinski definition) is 4. The molecule has 1 aromatic heterocycles. The maximum Gasteiger partial charge on any atom is 0.326 e. The zero-order valence-electron chi connectivity index (χ0n) is 15.4. The summed E-state index contributed by atoms with van der Waals surface area (Å²) in [5.41, 5.74) is 0.746. The Morgan fingerprint density at radius 3 is 2.68 bits per heavy atom. The van der Waals surface area contributed by atoms with Crippen molar-refractivity contribution in [1.82, 2.24) is 4.57 Å². The van der Waals surface area contributed by atoms with Crippen LogP contribution in [0.2, 0.25) is 0 Å². The Kier molecular flexibility index (Phi) is 5.89. The summed E-state index contributed by atoms with van der Waals surface area (Å²) < 4.78 is 21.2. The van der Waals surface area contributed by atoms with Crippen LogP contribution in [0.25, 0.3) is 10.2 Å². The molecule has 8 heteroatoms. The van der Waals surface area contributed by atoms with Gasteiger partial charge in [-0.15, -0.1) is 0 Å². The number of aromatic nitrogens is 1. The lowest BCUT2D eigenvalue weighted by atomic mass is 10.2. The third-order valence-electron chi connectivity index (χ3n) is 4.16. The largest absolute Gasteiger partial charge is 0.494 e. The maximum absolute atomic E-state index is 13.4. The molecular weight excluding hydrogens is 383 g/mol. The van der Waals surface area contributed by atoms with Crippen LogP contribution >= 0.6 is 11.3 Å². The van der Waals surface area contributed by atoms with E-state index in [0.29, 0.717) is 24.3 Å².